The summed E-state index contributed by atoms with van der Waals surface area (Å²) in [6.07, 6.45) is 2.09. The minimum absolute atomic E-state index is 0.0490. The Labute approximate surface area is 96.5 Å². The average Bonchev–Trinajstić information content (AvgIpc) is 2.25. The highest BCUT2D eigenvalue weighted by atomic mass is 16.5. The molecule has 3 nitrogen and oxygen atoms in total. The van der Waals surface area contributed by atoms with Crippen LogP contribution < -0.4 is 15.2 Å². The van der Waals surface area contributed by atoms with Crippen LogP contribution in [0.2, 0.25) is 0 Å². The van der Waals surface area contributed by atoms with Crippen molar-refractivity contribution in [3.8, 4) is 11.5 Å². The van der Waals surface area contributed by atoms with E-state index in [9.17, 15) is 0 Å². The molecule has 1 aromatic rings. The minimum Gasteiger partial charge on any atom is -0.492 e. The highest BCUT2D eigenvalue weighted by Crippen LogP contribution is 2.34. The number of rotatable bonds is 3. The number of aryl methyl sites for hydroxylation is 1. The van der Waals surface area contributed by atoms with Crippen LogP contribution in [0, 0.1) is 0 Å². The molecule has 0 unspecified atom stereocenters. The van der Waals surface area contributed by atoms with Crippen molar-refractivity contribution in [2.75, 3.05) is 13.2 Å². The molecule has 0 bridgehead atoms. The van der Waals surface area contributed by atoms with Gasteiger partial charge in [-0.3, -0.25) is 0 Å². The molecule has 0 spiro atoms. The lowest BCUT2D eigenvalue weighted by molar-refractivity contribution is 0.0845. The van der Waals surface area contributed by atoms with E-state index in [4.69, 9.17) is 15.2 Å². The van der Waals surface area contributed by atoms with Gasteiger partial charge in [0.05, 0.1) is 0 Å². The van der Waals surface area contributed by atoms with Gasteiger partial charge in [-0.15, -0.1) is 0 Å². The zero-order valence-corrected chi connectivity index (χ0v) is 9.95. The zero-order chi connectivity index (χ0) is 11.6. The third kappa shape index (κ3) is 2.47. The summed E-state index contributed by atoms with van der Waals surface area (Å²) in [5, 5.41) is 0. The fourth-order valence-electron chi connectivity index (χ4n) is 1.90. The first kappa shape index (κ1) is 11.3. The predicted octanol–water partition coefficient (Wildman–Crippen LogP) is 2.13. The molecule has 0 saturated heterocycles. The Bertz CT molecular complexity index is 374. The zero-order valence-electron chi connectivity index (χ0n) is 9.95. The molecule has 1 heterocycles. The quantitative estimate of drug-likeness (QED) is 0.850. The van der Waals surface area contributed by atoms with Gasteiger partial charge in [0.15, 0.2) is 0 Å². The van der Waals surface area contributed by atoms with Crippen molar-refractivity contribution in [1.29, 1.82) is 0 Å². The largest absolute Gasteiger partial charge is 0.492 e. The summed E-state index contributed by atoms with van der Waals surface area (Å²) in [5.41, 5.74) is 6.58. The van der Waals surface area contributed by atoms with E-state index in [2.05, 4.69) is 19.9 Å². The second-order valence-corrected chi connectivity index (χ2v) is 4.77. The molecule has 16 heavy (non-hydrogen) atoms. The molecule has 2 rings (SSSR count). The molecule has 0 fully saturated rings. The monoisotopic (exact) mass is 221 g/mol. The fourth-order valence-corrected chi connectivity index (χ4v) is 1.90. The highest BCUT2D eigenvalue weighted by Gasteiger charge is 2.26. The van der Waals surface area contributed by atoms with Gasteiger partial charge in [0.2, 0.25) is 0 Å². The Morgan fingerprint density at radius 3 is 3.00 bits per heavy atom. The van der Waals surface area contributed by atoms with Crippen LogP contribution in [0.4, 0.5) is 0 Å². The van der Waals surface area contributed by atoms with Crippen molar-refractivity contribution >= 4 is 0 Å². The average molecular weight is 221 g/mol. The number of hydrogen-bond donors (Lipinski definition) is 1. The topological polar surface area (TPSA) is 44.5 Å². The van der Waals surface area contributed by atoms with Crippen molar-refractivity contribution in [3.63, 3.8) is 0 Å². The van der Waals surface area contributed by atoms with E-state index >= 15 is 0 Å². The van der Waals surface area contributed by atoms with E-state index in [1.54, 1.807) is 0 Å². The molecule has 0 aliphatic carbocycles. The molecule has 1 aliphatic rings. The summed E-state index contributed by atoms with van der Waals surface area (Å²) in [4.78, 5) is 0. The number of nitrogens with two attached hydrogens (primary N) is 1. The molecule has 1 aromatic carbocycles. The lowest BCUT2D eigenvalue weighted by atomic mass is 9.94. The Kier molecular flexibility index (Phi) is 3.06. The van der Waals surface area contributed by atoms with E-state index < -0.39 is 0 Å². The number of ether oxygens (including phenoxy) is 2. The molecule has 0 radical (unpaired) electrons. The third-order valence-corrected chi connectivity index (χ3v) is 2.80. The van der Waals surface area contributed by atoms with Crippen LogP contribution in [0.5, 0.6) is 11.5 Å². The Hall–Kier alpha value is -1.22. The lowest BCUT2D eigenvalue weighted by Gasteiger charge is -2.32. The highest BCUT2D eigenvalue weighted by molar-refractivity contribution is 5.42. The summed E-state index contributed by atoms with van der Waals surface area (Å²) < 4.78 is 11.4. The normalized spacial score (nSPS) is 17.4. The first-order valence-electron chi connectivity index (χ1n) is 5.75. The van der Waals surface area contributed by atoms with Gasteiger partial charge in [0, 0.05) is 6.54 Å². The Balaban J connectivity index is 2.15. The van der Waals surface area contributed by atoms with Gasteiger partial charge in [-0.25, -0.2) is 0 Å². The van der Waals surface area contributed by atoms with Crippen LogP contribution in [0.25, 0.3) is 0 Å². The third-order valence-electron chi connectivity index (χ3n) is 2.80. The number of fused-ring (bicyclic) bond motifs is 1. The van der Waals surface area contributed by atoms with Crippen LogP contribution in [-0.4, -0.2) is 18.8 Å². The van der Waals surface area contributed by atoms with E-state index in [1.807, 2.05) is 12.1 Å². The predicted molar refractivity (Wildman–Crippen MR) is 64.0 cm³/mol. The van der Waals surface area contributed by atoms with Crippen molar-refractivity contribution in [2.24, 2.45) is 5.73 Å². The van der Waals surface area contributed by atoms with Crippen LogP contribution in [-0.2, 0) is 6.42 Å². The van der Waals surface area contributed by atoms with Crippen LogP contribution in [0.15, 0.2) is 18.2 Å². The number of hydrogen-bond acceptors (Lipinski definition) is 3. The summed E-state index contributed by atoms with van der Waals surface area (Å²) in [6.45, 7) is 5.34. The van der Waals surface area contributed by atoms with E-state index in [0.29, 0.717) is 13.2 Å². The van der Waals surface area contributed by atoms with E-state index in [1.165, 1.54) is 5.56 Å². The number of benzene rings is 1. The standard InChI is InChI=1S/C13H19NO2/c1-13(2)6-5-10-9-11(15-8-7-14)3-4-12(10)16-13/h3-4,9H,5-8,14H2,1-2H3. The van der Waals surface area contributed by atoms with E-state index in [-0.39, 0.29) is 5.60 Å². The molecule has 0 aromatic heterocycles. The van der Waals surface area contributed by atoms with Gasteiger partial charge in [0.25, 0.3) is 0 Å². The maximum Gasteiger partial charge on any atom is 0.123 e. The fraction of sp³-hybridized carbons (Fsp3) is 0.538. The Morgan fingerprint density at radius 2 is 2.25 bits per heavy atom. The Morgan fingerprint density at radius 1 is 1.44 bits per heavy atom. The van der Waals surface area contributed by atoms with E-state index in [0.717, 1.165) is 24.3 Å². The van der Waals surface area contributed by atoms with Crippen LogP contribution in [0.1, 0.15) is 25.8 Å². The molecule has 1 aliphatic heterocycles. The second kappa shape index (κ2) is 4.34. The van der Waals surface area contributed by atoms with Crippen LogP contribution >= 0.6 is 0 Å². The second-order valence-electron chi connectivity index (χ2n) is 4.77. The lowest BCUT2D eigenvalue weighted by Crippen LogP contribution is -2.32. The molecular weight excluding hydrogens is 202 g/mol. The van der Waals surface area contributed by atoms with Crippen molar-refractivity contribution < 1.29 is 9.47 Å². The van der Waals surface area contributed by atoms with Crippen molar-refractivity contribution in [2.45, 2.75) is 32.3 Å². The van der Waals surface area contributed by atoms with Crippen molar-refractivity contribution in [3.05, 3.63) is 23.8 Å². The van der Waals surface area contributed by atoms with Gasteiger partial charge in [-0.1, -0.05) is 0 Å². The van der Waals surface area contributed by atoms with Gasteiger partial charge in [-0.2, -0.15) is 0 Å². The van der Waals surface area contributed by atoms with Gasteiger partial charge in [0.1, 0.15) is 23.7 Å². The first-order chi connectivity index (χ1) is 7.61. The van der Waals surface area contributed by atoms with Crippen LogP contribution in [0.3, 0.4) is 0 Å². The smallest absolute Gasteiger partial charge is 0.123 e. The molecule has 0 saturated carbocycles. The molecule has 0 amide bonds. The summed E-state index contributed by atoms with van der Waals surface area (Å²) in [5.74, 6) is 1.86. The molecule has 0 atom stereocenters. The summed E-state index contributed by atoms with van der Waals surface area (Å²) in [7, 11) is 0. The summed E-state index contributed by atoms with van der Waals surface area (Å²) in [6, 6.07) is 5.98. The molecule has 2 N–H and O–H groups in total. The summed E-state index contributed by atoms with van der Waals surface area (Å²) >= 11 is 0. The molecule has 3 heteroatoms. The maximum atomic E-state index is 5.90. The van der Waals surface area contributed by atoms with Gasteiger partial charge >= 0.3 is 0 Å². The molecular formula is C13H19NO2. The van der Waals surface area contributed by atoms with Gasteiger partial charge in [-0.05, 0) is 50.5 Å². The first-order valence-corrected chi connectivity index (χ1v) is 5.75. The van der Waals surface area contributed by atoms with Gasteiger partial charge < -0.3 is 15.2 Å². The SMILES string of the molecule is CC1(C)CCc2cc(OCCN)ccc2O1. The maximum absolute atomic E-state index is 5.90. The molecule has 88 valence electrons. The van der Waals surface area contributed by atoms with Crippen molar-refractivity contribution in [1.82, 2.24) is 0 Å². The minimum atomic E-state index is -0.0490.